The number of hydrogen-bond donors (Lipinski definition) is 0. The molecule has 0 spiro atoms. The third kappa shape index (κ3) is 4.54. The quantitative estimate of drug-likeness (QED) is 0.382. The second kappa shape index (κ2) is 9.48. The Bertz CT molecular complexity index is 1160. The van der Waals surface area contributed by atoms with Gasteiger partial charge in [0.25, 0.3) is 11.8 Å². The first-order valence-corrected chi connectivity index (χ1v) is 10.3. The minimum atomic E-state index is -0.567. The fourth-order valence-electron chi connectivity index (χ4n) is 3.37. The van der Waals surface area contributed by atoms with Crippen LogP contribution in [0.1, 0.15) is 43.8 Å². The van der Waals surface area contributed by atoms with Crippen molar-refractivity contribution in [1.29, 1.82) is 5.26 Å². The molecule has 0 atom stereocenters. The summed E-state index contributed by atoms with van der Waals surface area (Å²) in [7, 11) is 0. The van der Waals surface area contributed by atoms with Gasteiger partial charge in [-0.1, -0.05) is 26.0 Å². The third-order valence-corrected chi connectivity index (χ3v) is 4.97. The first kappa shape index (κ1) is 22.8. The predicted octanol–water partition coefficient (Wildman–Crippen LogP) is 4.37. The van der Waals surface area contributed by atoms with Crippen LogP contribution in [-0.2, 0) is 14.3 Å². The molecule has 7 heteroatoms. The molecule has 0 radical (unpaired) electrons. The summed E-state index contributed by atoms with van der Waals surface area (Å²) in [5, 5.41) is 9.45. The van der Waals surface area contributed by atoms with E-state index in [-0.39, 0.29) is 23.6 Å². The number of nitriles is 1. The van der Waals surface area contributed by atoms with Crippen LogP contribution in [0.2, 0.25) is 0 Å². The maximum atomic E-state index is 13.0. The normalized spacial score (nSPS) is 15.5. The van der Waals surface area contributed by atoms with E-state index >= 15 is 0 Å². The molecular formula is C25H24N2O5. The van der Waals surface area contributed by atoms with Crippen LogP contribution in [0.3, 0.4) is 0 Å². The Kier molecular flexibility index (Phi) is 6.74. The van der Waals surface area contributed by atoms with Crippen LogP contribution >= 0.6 is 0 Å². The average Bonchev–Trinajstić information content (AvgIpc) is 3.23. The van der Waals surface area contributed by atoms with E-state index in [1.807, 2.05) is 19.9 Å². The number of furan rings is 1. The molecule has 0 fully saturated rings. The standard InChI is InChI=1S/C25H24N2O5/c1-5-31-25(30)18-8-6-17(7-9-18)22-11-10-19(32-22)12-20-16(4)21(13-26)24(29)27(23(20)28)14-15(2)3/h6-12,15H,5,14H2,1-4H3/b20-12+. The molecule has 3 rings (SSSR count). The van der Waals surface area contributed by atoms with Gasteiger partial charge in [-0.2, -0.15) is 5.26 Å². The number of rotatable bonds is 6. The molecule has 164 valence electrons. The highest BCUT2D eigenvalue weighted by molar-refractivity contribution is 6.19. The summed E-state index contributed by atoms with van der Waals surface area (Å²) in [6, 6.07) is 12.2. The maximum absolute atomic E-state index is 13.0. The zero-order chi connectivity index (χ0) is 23.4. The molecule has 1 aromatic heterocycles. The highest BCUT2D eigenvalue weighted by Crippen LogP contribution is 2.29. The molecule has 0 saturated carbocycles. The molecule has 7 nitrogen and oxygen atoms in total. The van der Waals surface area contributed by atoms with Gasteiger partial charge in [-0.25, -0.2) is 4.79 Å². The van der Waals surface area contributed by atoms with Crippen LogP contribution in [-0.4, -0.2) is 35.8 Å². The van der Waals surface area contributed by atoms with Crippen LogP contribution in [0.15, 0.2) is 57.5 Å². The van der Waals surface area contributed by atoms with Gasteiger partial charge >= 0.3 is 5.97 Å². The van der Waals surface area contributed by atoms with Crippen molar-refractivity contribution in [2.45, 2.75) is 27.7 Å². The van der Waals surface area contributed by atoms with Crippen molar-refractivity contribution in [1.82, 2.24) is 4.90 Å². The third-order valence-electron chi connectivity index (χ3n) is 4.97. The van der Waals surface area contributed by atoms with Gasteiger partial charge in [0.1, 0.15) is 23.2 Å². The summed E-state index contributed by atoms with van der Waals surface area (Å²) in [5.74, 6) is -0.383. The van der Waals surface area contributed by atoms with Crippen molar-refractivity contribution in [3.05, 3.63) is 64.4 Å². The number of nitrogens with zero attached hydrogens (tertiary/aromatic N) is 2. The van der Waals surface area contributed by atoms with Crippen LogP contribution in [0.4, 0.5) is 0 Å². The molecule has 1 aromatic carbocycles. The van der Waals surface area contributed by atoms with E-state index in [1.165, 1.54) is 0 Å². The SMILES string of the molecule is CCOC(=O)c1ccc(-c2ccc(/C=C3/C(=O)N(CC(C)C)C(=O)C(C#N)=C3C)o2)cc1. The van der Waals surface area contributed by atoms with Crippen LogP contribution in [0.5, 0.6) is 0 Å². The van der Waals surface area contributed by atoms with E-state index in [2.05, 4.69) is 0 Å². The van der Waals surface area contributed by atoms with Crippen molar-refractivity contribution in [3.63, 3.8) is 0 Å². The highest BCUT2D eigenvalue weighted by atomic mass is 16.5. The van der Waals surface area contributed by atoms with Gasteiger partial charge in [-0.3, -0.25) is 14.5 Å². The van der Waals surface area contributed by atoms with E-state index in [9.17, 15) is 19.6 Å². The summed E-state index contributed by atoms with van der Waals surface area (Å²) < 4.78 is 10.9. The average molecular weight is 432 g/mol. The summed E-state index contributed by atoms with van der Waals surface area (Å²) >= 11 is 0. The van der Waals surface area contributed by atoms with E-state index in [4.69, 9.17) is 9.15 Å². The molecule has 0 saturated heterocycles. The van der Waals surface area contributed by atoms with Crippen LogP contribution < -0.4 is 0 Å². The minimum absolute atomic E-state index is 0.0437. The Labute approximate surface area is 186 Å². The van der Waals surface area contributed by atoms with Gasteiger partial charge in [0.2, 0.25) is 0 Å². The zero-order valence-electron chi connectivity index (χ0n) is 18.5. The summed E-state index contributed by atoms with van der Waals surface area (Å²) in [5.41, 5.74) is 1.73. The second-order valence-electron chi connectivity index (χ2n) is 7.78. The number of carbonyl (C=O) groups excluding carboxylic acids is 3. The van der Waals surface area contributed by atoms with Gasteiger partial charge in [-0.15, -0.1) is 0 Å². The fourth-order valence-corrected chi connectivity index (χ4v) is 3.37. The largest absolute Gasteiger partial charge is 0.462 e. The Morgan fingerprint density at radius 3 is 2.44 bits per heavy atom. The van der Waals surface area contributed by atoms with Crippen molar-refractivity contribution < 1.29 is 23.5 Å². The lowest BCUT2D eigenvalue weighted by molar-refractivity contribution is -0.141. The van der Waals surface area contributed by atoms with E-state index in [0.717, 1.165) is 10.5 Å². The summed E-state index contributed by atoms with van der Waals surface area (Å²) in [6.07, 6.45) is 1.55. The number of esters is 1. The number of carbonyl (C=O) groups is 3. The smallest absolute Gasteiger partial charge is 0.338 e. The van der Waals surface area contributed by atoms with Crippen molar-refractivity contribution >= 4 is 23.9 Å². The van der Waals surface area contributed by atoms with Gasteiger partial charge in [0.05, 0.1) is 12.2 Å². The molecule has 2 amide bonds. The molecule has 0 bridgehead atoms. The number of imide groups is 1. The fraction of sp³-hybridized carbons (Fsp3) is 0.280. The van der Waals surface area contributed by atoms with Gasteiger partial charge in [0, 0.05) is 17.7 Å². The Balaban J connectivity index is 1.93. The molecule has 2 aromatic rings. The maximum Gasteiger partial charge on any atom is 0.338 e. The van der Waals surface area contributed by atoms with Gasteiger partial charge < -0.3 is 9.15 Å². The number of benzene rings is 1. The van der Waals surface area contributed by atoms with Crippen LogP contribution in [0.25, 0.3) is 17.4 Å². The number of ether oxygens (including phenoxy) is 1. The van der Waals surface area contributed by atoms with E-state index < -0.39 is 17.8 Å². The molecule has 0 aliphatic carbocycles. The monoisotopic (exact) mass is 432 g/mol. The lowest BCUT2D eigenvalue weighted by Gasteiger charge is -2.28. The lowest BCUT2D eigenvalue weighted by atomic mass is 9.94. The van der Waals surface area contributed by atoms with Crippen molar-refractivity contribution in [2.24, 2.45) is 5.92 Å². The Hall–Kier alpha value is -3.92. The molecule has 0 unspecified atom stereocenters. The number of hydrogen-bond acceptors (Lipinski definition) is 6. The van der Waals surface area contributed by atoms with E-state index in [0.29, 0.717) is 29.3 Å². The van der Waals surface area contributed by atoms with E-state index in [1.54, 1.807) is 56.3 Å². The summed E-state index contributed by atoms with van der Waals surface area (Å²) in [4.78, 5) is 38.5. The second-order valence-corrected chi connectivity index (χ2v) is 7.78. The molecular weight excluding hydrogens is 408 g/mol. The molecule has 32 heavy (non-hydrogen) atoms. The highest BCUT2D eigenvalue weighted by Gasteiger charge is 2.35. The Morgan fingerprint density at radius 2 is 1.84 bits per heavy atom. The number of amides is 2. The summed E-state index contributed by atoms with van der Waals surface area (Å²) in [6.45, 7) is 7.66. The molecule has 1 aliphatic heterocycles. The molecule has 1 aliphatic rings. The predicted molar refractivity (Wildman–Crippen MR) is 118 cm³/mol. The van der Waals surface area contributed by atoms with Crippen molar-refractivity contribution in [3.8, 4) is 17.4 Å². The first-order valence-electron chi connectivity index (χ1n) is 10.3. The lowest BCUT2D eigenvalue weighted by Crippen LogP contribution is -2.44. The van der Waals surface area contributed by atoms with Crippen LogP contribution in [0, 0.1) is 17.2 Å². The van der Waals surface area contributed by atoms with Gasteiger partial charge in [0.15, 0.2) is 0 Å². The van der Waals surface area contributed by atoms with Crippen molar-refractivity contribution in [2.75, 3.05) is 13.2 Å². The first-order chi connectivity index (χ1) is 15.3. The minimum Gasteiger partial charge on any atom is -0.462 e. The topological polar surface area (TPSA) is 101 Å². The zero-order valence-corrected chi connectivity index (χ0v) is 18.5. The molecule has 2 heterocycles. The molecule has 0 N–H and O–H groups in total. The van der Waals surface area contributed by atoms with Gasteiger partial charge in [-0.05, 0) is 55.7 Å². The Morgan fingerprint density at radius 1 is 1.16 bits per heavy atom.